The molecule has 1 amide bonds. The molecule has 23 heavy (non-hydrogen) atoms. The first-order valence-electron chi connectivity index (χ1n) is 7.09. The van der Waals surface area contributed by atoms with Crippen molar-refractivity contribution in [1.29, 1.82) is 0 Å². The van der Waals surface area contributed by atoms with Crippen LogP contribution >= 0.6 is 0 Å². The molecule has 5 heteroatoms. The minimum absolute atomic E-state index is 0.238. The third-order valence-corrected chi connectivity index (χ3v) is 3.39. The van der Waals surface area contributed by atoms with Gasteiger partial charge in [-0.2, -0.15) is 0 Å². The van der Waals surface area contributed by atoms with Gasteiger partial charge in [0, 0.05) is 5.57 Å². The van der Waals surface area contributed by atoms with Crippen molar-refractivity contribution in [1.82, 2.24) is 5.32 Å². The Hall–Kier alpha value is -3.08. The van der Waals surface area contributed by atoms with Crippen LogP contribution in [0.15, 0.2) is 60.7 Å². The van der Waals surface area contributed by atoms with Crippen LogP contribution in [0, 0.1) is 0 Å². The number of rotatable bonds is 3. The molecular weight excluding hydrogens is 294 g/mol. The molecule has 3 rings (SSSR count). The Morgan fingerprint density at radius 2 is 1.87 bits per heavy atom. The van der Waals surface area contributed by atoms with Crippen LogP contribution in [0.25, 0.3) is 0 Å². The zero-order chi connectivity index (χ0) is 16.4. The summed E-state index contributed by atoms with van der Waals surface area (Å²) in [6.45, 7) is 5.13. The number of benzene rings is 2. The topological polar surface area (TPSA) is 64.6 Å². The average Bonchev–Trinajstić information content (AvgIpc) is 2.55. The van der Waals surface area contributed by atoms with Gasteiger partial charge in [0.05, 0.1) is 11.1 Å². The fourth-order valence-corrected chi connectivity index (χ4v) is 2.23. The summed E-state index contributed by atoms with van der Waals surface area (Å²) in [7, 11) is 0. The van der Waals surface area contributed by atoms with Gasteiger partial charge in [-0.05, 0) is 31.2 Å². The quantitative estimate of drug-likeness (QED) is 0.538. The largest absolute Gasteiger partial charge is 0.465 e. The van der Waals surface area contributed by atoms with E-state index in [1.807, 2.05) is 0 Å². The molecule has 0 saturated heterocycles. The summed E-state index contributed by atoms with van der Waals surface area (Å²) in [6.07, 6.45) is -0.730. The first-order chi connectivity index (χ1) is 11.1. The Labute approximate surface area is 133 Å². The molecule has 1 unspecified atom stereocenters. The van der Waals surface area contributed by atoms with Gasteiger partial charge in [0.2, 0.25) is 6.23 Å². The molecule has 0 fully saturated rings. The van der Waals surface area contributed by atoms with Crippen LogP contribution < -0.4 is 14.8 Å². The maximum Gasteiger partial charge on any atom is 0.338 e. The number of carbonyl (C=O) groups excluding carboxylic acids is 2. The molecule has 1 aliphatic rings. The van der Waals surface area contributed by atoms with Crippen LogP contribution in [-0.4, -0.2) is 11.9 Å². The summed E-state index contributed by atoms with van der Waals surface area (Å²) in [5.74, 6) is 0.0466. The predicted octanol–water partition coefficient (Wildman–Crippen LogP) is 2.99. The van der Waals surface area contributed by atoms with Gasteiger partial charge in [-0.15, -0.1) is 0 Å². The van der Waals surface area contributed by atoms with Gasteiger partial charge in [-0.25, -0.2) is 4.79 Å². The van der Waals surface area contributed by atoms with E-state index in [0.29, 0.717) is 28.2 Å². The summed E-state index contributed by atoms with van der Waals surface area (Å²) in [6, 6.07) is 13.9. The van der Waals surface area contributed by atoms with Crippen LogP contribution in [0.3, 0.4) is 0 Å². The Balaban J connectivity index is 1.93. The molecule has 1 atom stereocenters. The second-order valence-corrected chi connectivity index (χ2v) is 5.18. The molecule has 0 aromatic heterocycles. The average molecular weight is 309 g/mol. The van der Waals surface area contributed by atoms with E-state index in [9.17, 15) is 9.59 Å². The Morgan fingerprint density at radius 1 is 1.17 bits per heavy atom. The second-order valence-electron chi connectivity index (χ2n) is 5.18. The summed E-state index contributed by atoms with van der Waals surface area (Å²) in [5, 5.41) is 2.76. The minimum atomic E-state index is -0.730. The van der Waals surface area contributed by atoms with E-state index in [1.54, 1.807) is 55.5 Å². The lowest BCUT2D eigenvalue weighted by molar-refractivity contribution is -0.130. The molecule has 0 aliphatic carbocycles. The fourth-order valence-electron chi connectivity index (χ4n) is 2.23. The number of esters is 1. The SMILES string of the molecule is C=C(C)C(=O)Oc1ccccc1C1NC(=O)c2ccccc2O1. The van der Waals surface area contributed by atoms with E-state index >= 15 is 0 Å². The molecule has 0 spiro atoms. The fraction of sp³-hybridized carbons (Fsp3) is 0.111. The predicted molar refractivity (Wildman–Crippen MR) is 84.2 cm³/mol. The number of nitrogens with one attached hydrogen (secondary N) is 1. The van der Waals surface area contributed by atoms with Gasteiger partial charge in [0.25, 0.3) is 5.91 Å². The lowest BCUT2D eigenvalue weighted by Gasteiger charge is -2.27. The Kier molecular flexibility index (Phi) is 3.85. The molecule has 1 aliphatic heterocycles. The van der Waals surface area contributed by atoms with Crippen LogP contribution in [0.2, 0.25) is 0 Å². The van der Waals surface area contributed by atoms with Crippen molar-refractivity contribution in [3.05, 3.63) is 71.8 Å². The number of hydrogen-bond donors (Lipinski definition) is 1. The number of carbonyl (C=O) groups is 2. The highest BCUT2D eigenvalue weighted by atomic mass is 16.5. The Bertz CT molecular complexity index is 797. The molecule has 0 radical (unpaired) electrons. The number of para-hydroxylation sites is 2. The summed E-state index contributed by atoms with van der Waals surface area (Å²) >= 11 is 0. The maximum atomic E-state index is 12.2. The van der Waals surface area contributed by atoms with E-state index in [2.05, 4.69) is 11.9 Å². The second kappa shape index (κ2) is 5.96. The van der Waals surface area contributed by atoms with Crippen LogP contribution in [0.1, 0.15) is 29.1 Å². The normalized spacial score (nSPS) is 15.9. The molecular formula is C18H15NO4. The number of fused-ring (bicyclic) bond motifs is 1. The summed E-state index contributed by atoms with van der Waals surface area (Å²) in [5.41, 5.74) is 1.32. The van der Waals surface area contributed by atoms with Crippen LogP contribution in [0.5, 0.6) is 11.5 Å². The molecule has 0 bridgehead atoms. The van der Waals surface area contributed by atoms with E-state index in [1.165, 1.54) is 0 Å². The molecule has 0 saturated carbocycles. The molecule has 2 aromatic carbocycles. The lowest BCUT2D eigenvalue weighted by Crippen LogP contribution is -2.37. The number of amides is 1. The molecule has 1 heterocycles. The van der Waals surface area contributed by atoms with Crippen molar-refractivity contribution in [3.8, 4) is 11.5 Å². The minimum Gasteiger partial charge on any atom is -0.465 e. The van der Waals surface area contributed by atoms with Gasteiger partial charge >= 0.3 is 5.97 Å². The van der Waals surface area contributed by atoms with Crippen LogP contribution in [-0.2, 0) is 4.79 Å². The van der Waals surface area contributed by atoms with Crippen molar-refractivity contribution in [2.75, 3.05) is 0 Å². The van der Waals surface area contributed by atoms with Crippen molar-refractivity contribution >= 4 is 11.9 Å². The zero-order valence-electron chi connectivity index (χ0n) is 12.5. The van der Waals surface area contributed by atoms with Gasteiger partial charge in [0.15, 0.2) is 0 Å². The molecule has 116 valence electrons. The van der Waals surface area contributed by atoms with Crippen molar-refractivity contribution in [2.45, 2.75) is 13.2 Å². The monoisotopic (exact) mass is 309 g/mol. The zero-order valence-corrected chi connectivity index (χ0v) is 12.5. The molecule has 1 N–H and O–H groups in total. The van der Waals surface area contributed by atoms with Gasteiger partial charge in [0.1, 0.15) is 11.5 Å². The summed E-state index contributed by atoms with van der Waals surface area (Å²) in [4.78, 5) is 24.0. The van der Waals surface area contributed by atoms with E-state index < -0.39 is 12.2 Å². The third kappa shape index (κ3) is 2.94. The highest BCUT2D eigenvalue weighted by Crippen LogP contribution is 2.33. The first-order valence-corrected chi connectivity index (χ1v) is 7.09. The van der Waals surface area contributed by atoms with E-state index in [-0.39, 0.29) is 5.91 Å². The highest BCUT2D eigenvalue weighted by molar-refractivity contribution is 5.98. The molecule has 5 nitrogen and oxygen atoms in total. The smallest absolute Gasteiger partial charge is 0.338 e. The lowest BCUT2D eigenvalue weighted by atomic mass is 10.1. The highest BCUT2D eigenvalue weighted by Gasteiger charge is 2.28. The van der Waals surface area contributed by atoms with E-state index in [4.69, 9.17) is 9.47 Å². The standard InChI is InChI=1S/C18H15NO4/c1-11(2)18(21)23-15-10-6-4-8-13(15)17-19-16(20)12-7-3-5-9-14(12)22-17/h3-10,17H,1H2,2H3,(H,19,20). The Morgan fingerprint density at radius 3 is 2.65 bits per heavy atom. The van der Waals surface area contributed by atoms with Crippen molar-refractivity contribution in [2.24, 2.45) is 0 Å². The summed E-state index contributed by atoms with van der Waals surface area (Å²) < 4.78 is 11.1. The van der Waals surface area contributed by atoms with Crippen molar-refractivity contribution in [3.63, 3.8) is 0 Å². The first kappa shape index (κ1) is 14.8. The third-order valence-electron chi connectivity index (χ3n) is 3.39. The number of ether oxygens (including phenoxy) is 2. The maximum absolute atomic E-state index is 12.2. The molecule has 2 aromatic rings. The van der Waals surface area contributed by atoms with Crippen molar-refractivity contribution < 1.29 is 19.1 Å². The number of hydrogen-bond acceptors (Lipinski definition) is 4. The van der Waals surface area contributed by atoms with Gasteiger partial charge < -0.3 is 14.8 Å². The van der Waals surface area contributed by atoms with Gasteiger partial charge in [-0.3, -0.25) is 4.79 Å². The van der Waals surface area contributed by atoms with Crippen LogP contribution in [0.4, 0.5) is 0 Å². The van der Waals surface area contributed by atoms with Gasteiger partial charge in [-0.1, -0.05) is 30.8 Å². The van der Waals surface area contributed by atoms with E-state index in [0.717, 1.165) is 0 Å².